The molecule has 0 saturated carbocycles. The molecule has 3 rings (SSSR count). The van der Waals surface area contributed by atoms with E-state index in [4.69, 9.17) is 4.74 Å². The molecule has 0 N–H and O–H groups in total. The molecule has 0 bridgehead atoms. The normalized spacial score (nSPS) is 10.7. The Morgan fingerprint density at radius 1 is 1.20 bits per heavy atom. The monoisotopic (exact) mass is 336 g/mol. The highest BCUT2D eigenvalue weighted by atomic mass is 16.5. The van der Waals surface area contributed by atoms with Gasteiger partial charge in [0.05, 0.1) is 36.2 Å². The molecule has 0 saturated heterocycles. The van der Waals surface area contributed by atoms with Crippen LogP contribution >= 0.6 is 0 Å². The van der Waals surface area contributed by atoms with E-state index in [0.717, 1.165) is 27.8 Å². The van der Waals surface area contributed by atoms with Crippen LogP contribution in [0.1, 0.15) is 28.5 Å². The number of carbonyl (C=O) groups is 1. The van der Waals surface area contributed by atoms with Crippen LogP contribution in [0.3, 0.4) is 0 Å². The zero-order valence-corrected chi connectivity index (χ0v) is 14.6. The van der Waals surface area contributed by atoms with E-state index in [1.54, 1.807) is 31.7 Å². The summed E-state index contributed by atoms with van der Waals surface area (Å²) in [5.41, 5.74) is 3.99. The van der Waals surface area contributed by atoms with Crippen molar-refractivity contribution in [3.05, 3.63) is 59.8 Å². The first-order valence-corrected chi connectivity index (χ1v) is 8.12. The van der Waals surface area contributed by atoms with Gasteiger partial charge < -0.3 is 9.64 Å². The number of hydrogen-bond acceptors (Lipinski definition) is 6. The molecule has 6 heteroatoms. The molecule has 6 nitrogen and oxygen atoms in total. The molecule has 3 aromatic rings. The Morgan fingerprint density at radius 3 is 2.76 bits per heavy atom. The fraction of sp³-hybridized carbons (Fsp3) is 0.263. The summed E-state index contributed by atoms with van der Waals surface area (Å²) in [5, 5.41) is 0.914. The van der Waals surface area contributed by atoms with E-state index in [1.807, 2.05) is 37.1 Å². The Morgan fingerprint density at radius 2 is 2.04 bits per heavy atom. The number of hydrogen-bond donors (Lipinski definition) is 0. The molecule has 0 unspecified atom stereocenters. The van der Waals surface area contributed by atoms with Gasteiger partial charge in [-0.05, 0) is 26.0 Å². The SMILES string of the molecule is CCOC(=O)c1cnc2ccc(C)cc2c1N(C)Cc1cnccn1. The minimum atomic E-state index is -0.376. The molecule has 2 aromatic heterocycles. The van der Waals surface area contributed by atoms with Crippen molar-refractivity contribution in [3.63, 3.8) is 0 Å². The summed E-state index contributed by atoms with van der Waals surface area (Å²) >= 11 is 0. The maximum atomic E-state index is 12.4. The fourth-order valence-corrected chi connectivity index (χ4v) is 2.80. The van der Waals surface area contributed by atoms with Gasteiger partial charge in [0, 0.05) is 31.0 Å². The number of benzene rings is 1. The minimum absolute atomic E-state index is 0.317. The zero-order chi connectivity index (χ0) is 17.8. The Balaban J connectivity index is 2.12. The van der Waals surface area contributed by atoms with Crippen LogP contribution < -0.4 is 4.90 Å². The lowest BCUT2D eigenvalue weighted by Crippen LogP contribution is -2.21. The maximum absolute atomic E-state index is 12.4. The third-order valence-corrected chi connectivity index (χ3v) is 3.89. The van der Waals surface area contributed by atoms with Gasteiger partial charge >= 0.3 is 5.97 Å². The molecule has 1 aromatic carbocycles. The van der Waals surface area contributed by atoms with Crippen molar-refractivity contribution in [2.75, 3.05) is 18.6 Å². The molecule has 25 heavy (non-hydrogen) atoms. The van der Waals surface area contributed by atoms with E-state index in [1.165, 1.54) is 0 Å². The maximum Gasteiger partial charge on any atom is 0.341 e. The van der Waals surface area contributed by atoms with E-state index >= 15 is 0 Å². The van der Waals surface area contributed by atoms with Gasteiger partial charge in [0.25, 0.3) is 0 Å². The predicted molar refractivity (Wildman–Crippen MR) is 96.6 cm³/mol. The first-order valence-electron chi connectivity index (χ1n) is 8.12. The van der Waals surface area contributed by atoms with Crippen molar-refractivity contribution in [1.29, 1.82) is 0 Å². The lowest BCUT2D eigenvalue weighted by molar-refractivity contribution is 0.0527. The van der Waals surface area contributed by atoms with Gasteiger partial charge in [-0.2, -0.15) is 0 Å². The van der Waals surface area contributed by atoms with Gasteiger partial charge in [0.2, 0.25) is 0 Å². The Hall–Kier alpha value is -3.02. The van der Waals surface area contributed by atoms with Crippen molar-refractivity contribution in [3.8, 4) is 0 Å². The van der Waals surface area contributed by atoms with Crippen LogP contribution in [-0.4, -0.2) is 34.6 Å². The van der Waals surface area contributed by atoms with E-state index in [-0.39, 0.29) is 5.97 Å². The van der Waals surface area contributed by atoms with E-state index in [0.29, 0.717) is 18.7 Å². The number of carbonyl (C=O) groups excluding carboxylic acids is 1. The average Bonchev–Trinajstić information content (AvgIpc) is 2.61. The molecule has 0 atom stereocenters. The molecule has 0 spiro atoms. The standard InChI is InChI=1S/C19H20N4O2/c1-4-25-19(24)16-11-22-17-6-5-13(2)9-15(17)18(16)23(3)12-14-10-20-7-8-21-14/h5-11H,4,12H2,1-3H3. The second kappa shape index (κ2) is 7.25. The lowest BCUT2D eigenvalue weighted by atomic mass is 10.1. The van der Waals surface area contributed by atoms with Gasteiger partial charge in [-0.3, -0.25) is 15.0 Å². The number of aromatic nitrogens is 3. The lowest BCUT2D eigenvalue weighted by Gasteiger charge is -2.23. The topological polar surface area (TPSA) is 68.2 Å². The van der Waals surface area contributed by atoms with E-state index in [2.05, 4.69) is 15.0 Å². The second-order valence-corrected chi connectivity index (χ2v) is 5.81. The van der Waals surface area contributed by atoms with E-state index < -0.39 is 0 Å². The summed E-state index contributed by atoms with van der Waals surface area (Å²) in [6.07, 6.45) is 6.59. The number of esters is 1. The molecule has 128 valence electrons. The molecule has 0 amide bonds. The average molecular weight is 336 g/mol. The minimum Gasteiger partial charge on any atom is -0.462 e. The number of ether oxygens (including phenoxy) is 1. The van der Waals surface area contributed by atoms with Gasteiger partial charge in [0.15, 0.2) is 0 Å². The summed E-state index contributed by atoms with van der Waals surface area (Å²) in [4.78, 5) is 27.3. The zero-order valence-electron chi connectivity index (χ0n) is 14.6. The van der Waals surface area contributed by atoms with Crippen molar-refractivity contribution in [2.45, 2.75) is 20.4 Å². The van der Waals surface area contributed by atoms with E-state index in [9.17, 15) is 4.79 Å². The Labute approximate surface area is 146 Å². The largest absolute Gasteiger partial charge is 0.462 e. The van der Waals surface area contributed by atoms with Gasteiger partial charge in [0.1, 0.15) is 5.56 Å². The first-order chi connectivity index (χ1) is 12.1. The number of rotatable bonds is 5. The third kappa shape index (κ3) is 3.57. The number of fused-ring (bicyclic) bond motifs is 1. The van der Waals surface area contributed by atoms with Crippen molar-refractivity contribution < 1.29 is 9.53 Å². The molecule has 0 aliphatic heterocycles. The van der Waals surface area contributed by atoms with Crippen molar-refractivity contribution in [2.24, 2.45) is 0 Å². The summed E-state index contributed by atoms with van der Waals surface area (Å²) in [7, 11) is 1.93. The summed E-state index contributed by atoms with van der Waals surface area (Å²) in [6.45, 7) is 4.65. The number of pyridine rings is 1. The molecule has 0 radical (unpaired) electrons. The highest BCUT2D eigenvalue weighted by molar-refractivity contribution is 6.05. The van der Waals surface area contributed by atoms with Crippen LogP contribution in [0.2, 0.25) is 0 Å². The smallest absolute Gasteiger partial charge is 0.341 e. The highest BCUT2D eigenvalue weighted by Crippen LogP contribution is 2.31. The molecular weight excluding hydrogens is 316 g/mol. The van der Waals surface area contributed by atoms with Crippen LogP contribution in [0, 0.1) is 6.92 Å². The highest BCUT2D eigenvalue weighted by Gasteiger charge is 2.20. The molecule has 0 aliphatic carbocycles. The van der Waals surface area contributed by atoms with Gasteiger partial charge in [-0.15, -0.1) is 0 Å². The number of nitrogens with zero attached hydrogens (tertiary/aromatic N) is 4. The quantitative estimate of drug-likeness (QED) is 0.667. The molecule has 0 aliphatic rings. The summed E-state index contributed by atoms with van der Waals surface area (Å²) in [5.74, 6) is -0.376. The third-order valence-electron chi connectivity index (χ3n) is 3.89. The van der Waals surface area contributed by atoms with Crippen molar-refractivity contribution in [1.82, 2.24) is 15.0 Å². The van der Waals surface area contributed by atoms with Gasteiger partial charge in [-0.1, -0.05) is 11.6 Å². The van der Waals surface area contributed by atoms with Crippen LogP contribution in [-0.2, 0) is 11.3 Å². The fourth-order valence-electron chi connectivity index (χ4n) is 2.80. The van der Waals surface area contributed by atoms with Crippen LogP contribution in [0.5, 0.6) is 0 Å². The number of aryl methyl sites for hydroxylation is 1. The van der Waals surface area contributed by atoms with Gasteiger partial charge in [-0.25, -0.2) is 4.79 Å². The van der Waals surface area contributed by atoms with Crippen LogP contribution in [0.4, 0.5) is 5.69 Å². The predicted octanol–water partition coefficient (Wildman–Crippen LogP) is 3.15. The first kappa shape index (κ1) is 16.8. The second-order valence-electron chi connectivity index (χ2n) is 5.81. The summed E-state index contributed by atoms with van der Waals surface area (Å²) in [6, 6.07) is 6.00. The molecule has 2 heterocycles. The van der Waals surface area contributed by atoms with Crippen molar-refractivity contribution >= 4 is 22.6 Å². The van der Waals surface area contributed by atoms with Crippen LogP contribution in [0.15, 0.2) is 43.0 Å². The molecule has 0 fully saturated rings. The molecular formula is C19H20N4O2. The Bertz CT molecular complexity index is 897. The number of anilines is 1. The van der Waals surface area contributed by atoms with Crippen LogP contribution in [0.25, 0.3) is 10.9 Å². The Kier molecular flexibility index (Phi) is 4.88. The summed E-state index contributed by atoms with van der Waals surface area (Å²) < 4.78 is 5.21.